The van der Waals surface area contributed by atoms with E-state index in [1.165, 1.54) is 11.3 Å². The molecule has 2 aliphatic rings. The number of morpholine rings is 1. The average molecular weight is 568 g/mol. The molecule has 2 fully saturated rings. The fraction of sp³-hybridized carbons (Fsp3) is 0.500. The molecule has 11 heteroatoms. The Morgan fingerprint density at radius 2 is 1.83 bits per heavy atom. The Morgan fingerprint density at radius 1 is 1.14 bits per heavy atom. The monoisotopic (exact) mass is 566 g/mol. The number of rotatable bonds is 3. The van der Waals surface area contributed by atoms with Crippen LogP contribution in [0.25, 0.3) is 0 Å². The van der Waals surface area contributed by atoms with Gasteiger partial charge in [0.05, 0.1) is 29.1 Å². The summed E-state index contributed by atoms with van der Waals surface area (Å²) in [5.41, 5.74) is 5.73. The van der Waals surface area contributed by atoms with Gasteiger partial charge in [-0.2, -0.15) is 5.43 Å². The number of anilines is 2. The lowest BCUT2D eigenvalue weighted by atomic mass is 10.1. The van der Waals surface area contributed by atoms with E-state index in [4.69, 9.17) is 9.47 Å². The molecule has 1 aromatic heterocycles. The largest absolute Gasteiger partial charge is 0.458 e. The van der Waals surface area contributed by atoms with Gasteiger partial charge in [0.15, 0.2) is 5.06 Å². The number of amides is 3. The van der Waals surface area contributed by atoms with E-state index in [-0.39, 0.29) is 22.8 Å². The van der Waals surface area contributed by atoms with E-state index < -0.39 is 6.09 Å². The van der Waals surface area contributed by atoms with Gasteiger partial charge in [0.1, 0.15) is 13.1 Å². The first kappa shape index (κ1) is 25.9. The first-order valence-corrected chi connectivity index (χ1v) is 13.4. The van der Waals surface area contributed by atoms with Gasteiger partial charge in [-0.15, -0.1) is 4.59 Å². The molecule has 2 aliphatic heterocycles. The molecular weight excluding hydrogens is 534 g/mol. The molecule has 3 heterocycles. The number of nitrogens with one attached hydrogen (secondary N) is 2. The molecule has 0 aliphatic carbocycles. The quantitative estimate of drug-likeness (QED) is 0.535. The highest BCUT2D eigenvalue weighted by Crippen LogP contribution is 2.29. The van der Waals surface area contributed by atoms with Crippen molar-refractivity contribution in [3.8, 4) is 5.06 Å². The summed E-state index contributed by atoms with van der Waals surface area (Å²) in [4.78, 5) is 30.7. The minimum Gasteiger partial charge on any atom is -0.396 e. The minimum absolute atomic E-state index is 0.167. The number of carbonyl (C=O) groups excluding carboxylic acids is 2. The first-order valence-electron chi connectivity index (χ1n) is 11.8. The van der Waals surface area contributed by atoms with Crippen LogP contribution in [-0.2, 0) is 4.74 Å². The van der Waals surface area contributed by atoms with E-state index in [2.05, 4.69) is 50.3 Å². The minimum atomic E-state index is -0.652. The summed E-state index contributed by atoms with van der Waals surface area (Å²) in [5, 5.41) is 3.48. The zero-order chi connectivity index (χ0) is 25.2. The normalized spacial score (nSPS) is 22.5. The van der Waals surface area contributed by atoms with Gasteiger partial charge in [0.2, 0.25) is 0 Å². The lowest BCUT2D eigenvalue weighted by Gasteiger charge is -2.39. The van der Waals surface area contributed by atoms with Crippen molar-refractivity contribution in [1.29, 1.82) is 0 Å². The van der Waals surface area contributed by atoms with Crippen molar-refractivity contribution in [2.75, 3.05) is 56.5 Å². The van der Waals surface area contributed by atoms with Crippen LogP contribution in [0.15, 0.2) is 34.1 Å². The number of piperazine rings is 1. The third-order valence-electron chi connectivity index (χ3n) is 6.37. The smallest absolute Gasteiger partial charge is 0.396 e. The Balaban J connectivity index is 1.47. The van der Waals surface area contributed by atoms with Crippen molar-refractivity contribution in [1.82, 2.24) is 10.3 Å². The summed E-state index contributed by atoms with van der Waals surface area (Å²) < 4.78 is 11.9. The number of ether oxygens (including phenoxy) is 2. The van der Waals surface area contributed by atoms with E-state index in [0.29, 0.717) is 36.9 Å². The third-order valence-corrected chi connectivity index (χ3v) is 7.87. The average Bonchev–Trinajstić information content (AvgIpc) is 3.19. The lowest BCUT2D eigenvalue weighted by molar-refractivity contribution is -0.888. The highest BCUT2D eigenvalue weighted by Gasteiger charge is 2.43. The molecule has 3 amide bonds. The number of carbonyl (C=O) groups is 2. The number of thiophene rings is 1. The van der Waals surface area contributed by atoms with Crippen LogP contribution in [-0.4, -0.2) is 80.1 Å². The van der Waals surface area contributed by atoms with Gasteiger partial charge in [-0.05, 0) is 79.6 Å². The van der Waals surface area contributed by atoms with Crippen LogP contribution in [0, 0.1) is 6.92 Å². The zero-order valence-electron chi connectivity index (χ0n) is 20.5. The van der Waals surface area contributed by atoms with Crippen molar-refractivity contribution in [3.05, 3.63) is 39.7 Å². The second-order valence-electron chi connectivity index (χ2n) is 9.37. The molecule has 2 saturated heterocycles. The molecule has 35 heavy (non-hydrogen) atoms. The van der Waals surface area contributed by atoms with Crippen LogP contribution in [0.1, 0.15) is 19.4 Å². The highest BCUT2D eigenvalue weighted by molar-refractivity contribution is 9.11. The van der Waals surface area contributed by atoms with Gasteiger partial charge in [-0.3, -0.25) is 10.2 Å². The lowest BCUT2D eigenvalue weighted by Crippen LogP contribution is -2.71. The summed E-state index contributed by atoms with van der Waals surface area (Å²) >= 11 is 4.67. The Morgan fingerprint density at radius 3 is 2.43 bits per heavy atom. The molecule has 2 atom stereocenters. The Kier molecular flexibility index (Phi) is 8.02. The molecule has 190 valence electrons. The van der Waals surface area contributed by atoms with Gasteiger partial charge in [0, 0.05) is 24.5 Å². The molecule has 4 rings (SSSR count). The van der Waals surface area contributed by atoms with Gasteiger partial charge >= 0.3 is 12.1 Å². The predicted octanol–water partition coefficient (Wildman–Crippen LogP) is 4.43. The second kappa shape index (κ2) is 10.8. The Labute approximate surface area is 218 Å². The molecule has 0 bridgehead atoms. The molecule has 9 nitrogen and oxygen atoms in total. The summed E-state index contributed by atoms with van der Waals surface area (Å²) in [6.45, 7) is 10.1. The number of urea groups is 1. The molecule has 0 saturated carbocycles. The second-order valence-corrected chi connectivity index (χ2v) is 11.8. The molecule has 0 radical (unpaired) electrons. The molecule has 2 unspecified atom stereocenters. The third kappa shape index (κ3) is 6.34. The van der Waals surface area contributed by atoms with Crippen LogP contribution in [0.3, 0.4) is 0 Å². The van der Waals surface area contributed by atoms with Gasteiger partial charge < -0.3 is 14.4 Å². The van der Waals surface area contributed by atoms with Crippen LogP contribution in [0.4, 0.5) is 21.0 Å². The maximum absolute atomic E-state index is 13.5. The summed E-state index contributed by atoms with van der Waals surface area (Å²) in [5.74, 6) is 0. The maximum atomic E-state index is 13.5. The van der Waals surface area contributed by atoms with E-state index in [1.54, 1.807) is 6.07 Å². The van der Waals surface area contributed by atoms with E-state index in [9.17, 15) is 9.59 Å². The molecule has 2 N–H and O–H groups in total. The number of likely N-dealkylation sites (N-methyl/N-ethyl adjacent to an activating group) is 1. The number of nitrogens with zero attached hydrogens (tertiary/aromatic N) is 3. The first-order chi connectivity index (χ1) is 16.6. The number of hydrogen-bond donors (Lipinski definition) is 2. The number of aryl methyl sites for hydroxylation is 1. The van der Waals surface area contributed by atoms with Gasteiger partial charge in [-0.25, -0.2) is 9.59 Å². The summed E-state index contributed by atoms with van der Waals surface area (Å²) in [6.07, 6.45) is -0.318. The van der Waals surface area contributed by atoms with Crippen molar-refractivity contribution >= 4 is 50.8 Å². The van der Waals surface area contributed by atoms with Crippen molar-refractivity contribution < 1.29 is 23.7 Å². The molecule has 1 aromatic carbocycles. The Bertz CT molecular complexity index is 1060. The SMILES string of the molecule is Cc1cc(NC(=O)[N+]2(NC(=O)Oc3ccc(Br)s3)CCN(C)CC2)ccc1N1CC(C)OC(C)C1. The van der Waals surface area contributed by atoms with E-state index >= 15 is 0 Å². The Hall–Kier alpha value is -2.18. The fourth-order valence-electron chi connectivity index (χ4n) is 4.61. The van der Waals surface area contributed by atoms with Crippen molar-refractivity contribution in [2.24, 2.45) is 0 Å². The number of quaternary nitrogens is 1. The standard InChI is InChI=1S/C24H32BrN5O4S/c1-16-13-19(5-6-20(16)29-14-17(2)33-18(3)15-29)26-23(31)30(11-9-28(4)10-12-30)27-24(32)34-22-8-7-21(25)35-22/h5-8,13,17-18H,9-12,14-15H2,1-4H3,(H-,26,27,31,32)/p+1. The van der Waals surface area contributed by atoms with Crippen LogP contribution in [0.5, 0.6) is 5.06 Å². The van der Waals surface area contributed by atoms with Crippen LogP contribution < -0.4 is 20.4 Å². The van der Waals surface area contributed by atoms with Crippen molar-refractivity contribution in [3.63, 3.8) is 0 Å². The summed E-state index contributed by atoms with van der Waals surface area (Å²) in [6, 6.07) is 9.17. The zero-order valence-corrected chi connectivity index (χ0v) is 22.9. The molecular formula is C24H33BrN5O4S+. The molecule has 2 aromatic rings. The van der Waals surface area contributed by atoms with Gasteiger partial charge in [-0.1, -0.05) is 11.3 Å². The topological polar surface area (TPSA) is 83.1 Å². The van der Waals surface area contributed by atoms with Crippen LogP contribution >= 0.6 is 27.3 Å². The molecule has 0 spiro atoms. The highest BCUT2D eigenvalue weighted by atomic mass is 79.9. The van der Waals surface area contributed by atoms with E-state index in [0.717, 1.165) is 28.1 Å². The summed E-state index contributed by atoms with van der Waals surface area (Å²) in [7, 11) is 2.00. The maximum Gasteiger partial charge on any atom is 0.458 e. The number of hydrogen-bond acceptors (Lipinski definition) is 7. The number of halogens is 1. The predicted molar refractivity (Wildman–Crippen MR) is 141 cm³/mol. The van der Waals surface area contributed by atoms with E-state index in [1.807, 2.05) is 38.2 Å². The fourth-order valence-corrected chi connectivity index (χ4v) is 5.80. The van der Waals surface area contributed by atoms with Gasteiger partial charge in [0.25, 0.3) is 0 Å². The number of benzene rings is 1. The van der Waals surface area contributed by atoms with Crippen LogP contribution in [0.2, 0.25) is 0 Å². The van der Waals surface area contributed by atoms with Crippen molar-refractivity contribution in [2.45, 2.75) is 33.0 Å².